The number of rotatable bonds is 4. The Morgan fingerprint density at radius 1 is 1.08 bits per heavy atom. The van der Waals surface area contributed by atoms with Crippen LogP contribution in [0.15, 0.2) is 52.2 Å². The van der Waals surface area contributed by atoms with Crippen LogP contribution in [-0.4, -0.2) is 10.8 Å². The lowest BCUT2D eigenvalue weighted by molar-refractivity contribution is 0.827. The molecule has 3 aromatic rings. The topological polar surface area (TPSA) is 34.0 Å². The van der Waals surface area contributed by atoms with Crippen LogP contribution in [0.2, 0.25) is 0 Å². The Labute approximate surface area is 153 Å². The zero-order valence-corrected chi connectivity index (χ0v) is 16.2. The molecule has 0 spiro atoms. The summed E-state index contributed by atoms with van der Waals surface area (Å²) in [6.45, 7) is 6.18. The molecule has 0 fully saturated rings. The fourth-order valence-electron chi connectivity index (χ4n) is 3.24. The van der Waals surface area contributed by atoms with Crippen molar-refractivity contribution in [1.82, 2.24) is 4.57 Å². The van der Waals surface area contributed by atoms with Gasteiger partial charge in [0.2, 0.25) is 0 Å². The Morgan fingerprint density at radius 3 is 2.52 bits per heavy atom. The standard InChI is InChI=1S/C21H24N2OS/c1-13-10-16(15(3)22-19-8-6-7-9-20(19)25-5)17-12-14(2)23(4)21(24)18(17)11-13/h6-12,15,22H,1-5H3. The quantitative estimate of drug-likeness (QED) is 0.667. The average Bonchev–Trinajstić information content (AvgIpc) is 2.60. The first-order valence-electron chi connectivity index (χ1n) is 8.43. The number of aromatic nitrogens is 1. The molecule has 130 valence electrons. The van der Waals surface area contributed by atoms with Crippen LogP contribution in [0.1, 0.15) is 29.8 Å². The van der Waals surface area contributed by atoms with Crippen LogP contribution >= 0.6 is 11.8 Å². The van der Waals surface area contributed by atoms with Crippen molar-refractivity contribution in [2.75, 3.05) is 11.6 Å². The molecule has 1 N–H and O–H groups in total. The van der Waals surface area contributed by atoms with Crippen LogP contribution in [0.25, 0.3) is 10.8 Å². The van der Waals surface area contributed by atoms with Crippen LogP contribution in [-0.2, 0) is 7.05 Å². The molecular weight excluding hydrogens is 328 g/mol. The minimum Gasteiger partial charge on any atom is -0.378 e. The number of anilines is 1. The lowest BCUT2D eigenvalue weighted by Crippen LogP contribution is -2.20. The Kier molecular flexibility index (Phi) is 4.91. The zero-order valence-electron chi connectivity index (χ0n) is 15.4. The number of fused-ring (bicyclic) bond motifs is 1. The summed E-state index contributed by atoms with van der Waals surface area (Å²) in [5.74, 6) is 0. The van der Waals surface area contributed by atoms with Gasteiger partial charge in [0.25, 0.3) is 5.56 Å². The van der Waals surface area contributed by atoms with E-state index in [0.29, 0.717) is 0 Å². The molecule has 1 aromatic heterocycles. The van der Waals surface area contributed by atoms with Gasteiger partial charge in [0.05, 0.1) is 0 Å². The van der Waals surface area contributed by atoms with Crippen LogP contribution in [0.4, 0.5) is 5.69 Å². The fourth-order valence-corrected chi connectivity index (χ4v) is 3.80. The highest BCUT2D eigenvalue weighted by Gasteiger charge is 2.15. The van der Waals surface area contributed by atoms with E-state index in [1.54, 1.807) is 16.3 Å². The van der Waals surface area contributed by atoms with Crippen LogP contribution in [0, 0.1) is 13.8 Å². The molecule has 3 nitrogen and oxygen atoms in total. The van der Waals surface area contributed by atoms with Gasteiger partial charge in [-0.05, 0) is 67.8 Å². The molecule has 0 amide bonds. The highest BCUT2D eigenvalue weighted by molar-refractivity contribution is 7.98. The third-order valence-electron chi connectivity index (χ3n) is 4.72. The molecule has 3 rings (SSSR count). The number of thioether (sulfide) groups is 1. The predicted molar refractivity (Wildman–Crippen MR) is 109 cm³/mol. The molecule has 0 aliphatic rings. The maximum absolute atomic E-state index is 12.7. The van der Waals surface area contributed by atoms with Crippen molar-refractivity contribution in [3.63, 3.8) is 0 Å². The van der Waals surface area contributed by atoms with E-state index in [1.807, 2.05) is 33.0 Å². The van der Waals surface area contributed by atoms with Crippen LogP contribution in [0.5, 0.6) is 0 Å². The molecule has 0 radical (unpaired) electrons. The van der Waals surface area contributed by atoms with Gasteiger partial charge in [-0.2, -0.15) is 0 Å². The van der Waals surface area contributed by atoms with E-state index in [0.717, 1.165) is 33.3 Å². The SMILES string of the molecule is CSc1ccccc1NC(C)c1cc(C)cc2c(=O)n(C)c(C)cc12. The zero-order chi connectivity index (χ0) is 18.1. The first-order chi connectivity index (χ1) is 11.9. The maximum Gasteiger partial charge on any atom is 0.258 e. The largest absolute Gasteiger partial charge is 0.378 e. The summed E-state index contributed by atoms with van der Waals surface area (Å²) in [6.07, 6.45) is 2.08. The Bertz CT molecular complexity index is 991. The second-order valence-electron chi connectivity index (χ2n) is 6.53. The smallest absolute Gasteiger partial charge is 0.258 e. The van der Waals surface area contributed by atoms with Crippen molar-refractivity contribution in [1.29, 1.82) is 0 Å². The molecule has 0 saturated heterocycles. The summed E-state index contributed by atoms with van der Waals surface area (Å²) in [5.41, 5.74) is 4.43. The van der Waals surface area contributed by atoms with Gasteiger partial charge in [-0.3, -0.25) is 4.79 Å². The van der Waals surface area contributed by atoms with Crippen molar-refractivity contribution in [3.8, 4) is 0 Å². The number of nitrogens with one attached hydrogen (secondary N) is 1. The summed E-state index contributed by atoms with van der Waals surface area (Å²) in [7, 11) is 1.83. The van der Waals surface area contributed by atoms with Crippen molar-refractivity contribution in [2.45, 2.75) is 31.7 Å². The summed E-state index contributed by atoms with van der Waals surface area (Å²) >= 11 is 1.73. The average molecular weight is 353 g/mol. The number of pyridine rings is 1. The van der Waals surface area contributed by atoms with E-state index in [4.69, 9.17) is 0 Å². The van der Waals surface area contributed by atoms with Gasteiger partial charge >= 0.3 is 0 Å². The molecule has 1 atom stereocenters. The van der Waals surface area contributed by atoms with E-state index in [2.05, 4.69) is 48.8 Å². The normalized spacial score (nSPS) is 12.4. The summed E-state index contributed by atoms with van der Waals surface area (Å²) in [5, 5.41) is 5.44. The van der Waals surface area contributed by atoms with Crippen LogP contribution < -0.4 is 10.9 Å². The molecule has 1 heterocycles. The number of benzene rings is 2. The highest BCUT2D eigenvalue weighted by Crippen LogP contribution is 2.31. The first-order valence-corrected chi connectivity index (χ1v) is 9.65. The molecule has 25 heavy (non-hydrogen) atoms. The van der Waals surface area contributed by atoms with Gasteiger partial charge in [0, 0.05) is 34.8 Å². The number of hydrogen-bond donors (Lipinski definition) is 1. The molecule has 2 aromatic carbocycles. The van der Waals surface area contributed by atoms with E-state index >= 15 is 0 Å². The van der Waals surface area contributed by atoms with Gasteiger partial charge in [-0.15, -0.1) is 11.8 Å². The molecule has 0 saturated carbocycles. The third-order valence-corrected chi connectivity index (χ3v) is 5.51. The van der Waals surface area contributed by atoms with Crippen molar-refractivity contribution >= 4 is 28.2 Å². The Hall–Kier alpha value is -2.20. The lowest BCUT2D eigenvalue weighted by Gasteiger charge is -2.21. The third kappa shape index (κ3) is 3.31. The Morgan fingerprint density at radius 2 is 1.80 bits per heavy atom. The predicted octanol–water partition coefficient (Wildman–Crippen LogP) is 5.05. The summed E-state index contributed by atoms with van der Waals surface area (Å²) in [4.78, 5) is 13.9. The monoisotopic (exact) mass is 352 g/mol. The fraction of sp³-hybridized carbons (Fsp3) is 0.286. The minimum absolute atomic E-state index is 0.0664. The molecule has 0 aliphatic carbocycles. The lowest BCUT2D eigenvalue weighted by atomic mass is 9.97. The van der Waals surface area contributed by atoms with Crippen molar-refractivity contribution in [3.05, 3.63) is 69.6 Å². The van der Waals surface area contributed by atoms with Crippen molar-refractivity contribution in [2.24, 2.45) is 7.05 Å². The first kappa shape index (κ1) is 17.6. The van der Waals surface area contributed by atoms with Gasteiger partial charge in [0.15, 0.2) is 0 Å². The van der Waals surface area contributed by atoms with E-state index < -0.39 is 0 Å². The molecule has 0 aliphatic heterocycles. The molecule has 1 unspecified atom stereocenters. The molecule has 0 bridgehead atoms. The number of nitrogens with zero attached hydrogens (tertiary/aromatic N) is 1. The molecular formula is C21H24N2OS. The number of para-hydroxylation sites is 1. The maximum atomic E-state index is 12.7. The van der Waals surface area contributed by atoms with E-state index in [-0.39, 0.29) is 11.6 Å². The minimum atomic E-state index is 0.0664. The number of aryl methyl sites for hydroxylation is 2. The van der Waals surface area contributed by atoms with Gasteiger partial charge < -0.3 is 9.88 Å². The highest BCUT2D eigenvalue weighted by atomic mass is 32.2. The second-order valence-corrected chi connectivity index (χ2v) is 7.38. The Balaban J connectivity index is 2.13. The summed E-state index contributed by atoms with van der Waals surface area (Å²) in [6, 6.07) is 14.7. The number of hydrogen-bond acceptors (Lipinski definition) is 3. The van der Waals surface area contributed by atoms with Crippen LogP contribution in [0.3, 0.4) is 0 Å². The van der Waals surface area contributed by atoms with Crippen molar-refractivity contribution < 1.29 is 0 Å². The van der Waals surface area contributed by atoms with Gasteiger partial charge in [-0.25, -0.2) is 0 Å². The molecule has 4 heteroatoms. The van der Waals surface area contributed by atoms with E-state index in [9.17, 15) is 4.79 Å². The van der Waals surface area contributed by atoms with E-state index in [1.165, 1.54) is 4.90 Å². The second kappa shape index (κ2) is 6.96. The van der Waals surface area contributed by atoms with Gasteiger partial charge in [-0.1, -0.05) is 18.2 Å². The van der Waals surface area contributed by atoms with Gasteiger partial charge in [0.1, 0.15) is 0 Å². The summed E-state index contributed by atoms with van der Waals surface area (Å²) < 4.78 is 1.71.